The molecule has 0 saturated heterocycles. The molecule has 1 unspecified atom stereocenters. The van der Waals surface area contributed by atoms with Gasteiger partial charge in [0.1, 0.15) is 11.9 Å². The average molecular weight is 316 g/mol. The summed E-state index contributed by atoms with van der Waals surface area (Å²) in [7, 11) is 0. The summed E-state index contributed by atoms with van der Waals surface area (Å²) in [6.45, 7) is 1.72. The second-order valence-corrected chi connectivity index (χ2v) is 5.19. The van der Waals surface area contributed by atoms with Crippen LogP contribution in [0.25, 0.3) is 22.4 Å². The van der Waals surface area contributed by atoms with Crippen molar-refractivity contribution in [1.29, 1.82) is 0 Å². The van der Waals surface area contributed by atoms with Crippen LogP contribution in [0.15, 0.2) is 42.5 Å². The fourth-order valence-corrected chi connectivity index (χ4v) is 2.66. The summed E-state index contributed by atoms with van der Waals surface area (Å²) in [5.74, 6) is -2.71. The van der Waals surface area contributed by atoms with Gasteiger partial charge in [-0.15, -0.1) is 0 Å². The van der Waals surface area contributed by atoms with Crippen LogP contribution in [-0.4, -0.2) is 20.6 Å². The highest BCUT2D eigenvalue weighted by atomic mass is 19.2. The largest absolute Gasteiger partial charge is 0.480 e. The van der Waals surface area contributed by atoms with Crippen LogP contribution in [0.1, 0.15) is 19.4 Å². The minimum absolute atomic E-state index is 0.224. The Bertz CT molecular complexity index is 875. The Labute approximate surface area is 131 Å². The first-order chi connectivity index (χ1) is 11.0. The first-order valence-electron chi connectivity index (χ1n) is 7.18. The third-order valence-electron chi connectivity index (χ3n) is 3.75. The average Bonchev–Trinajstić information content (AvgIpc) is 2.88. The zero-order valence-corrected chi connectivity index (χ0v) is 12.3. The number of carboxylic acids is 1. The molecule has 118 valence electrons. The third-order valence-corrected chi connectivity index (χ3v) is 3.75. The highest BCUT2D eigenvalue weighted by Crippen LogP contribution is 2.31. The van der Waals surface area contributed by atoms with Gasteiger partial charge in [0, 0.05) is 17.7 Å². The Hall–Kier alpha value is -2.76. The topological polar surface area (TPSA) is 55.1 Å². The van der Waals surface area contributed by atoms with Crippen LogP contribution in [0, 0.1) is 11.6 Å². The number of rotatable bonds is 4. The number of carboxylic acid groups (broad SMARTS) is 1. The molecule has 23 heavy (non-hydrogen) atoms. The van der Waals surface area contributed by atoms with Crippen molar-refractivity contribution in [3.8, 4) is 11.4 Å². The summed E-state index contributed by atoms with van der Waals surface area (Å²) in [6, 6.07) is 10.0. The molecule has 0 radical (unpaired) electrons. The molecule has 0 aliphatic carbocycles. The van der Waals surface area contributed by atoms with Crippen molar-refractivity contribution >= 4 is 17.0 Å². The lowest BCUT2D eigenvalue weighted by atomic mass is 10.1. The first kappa shape index (κ1) is 15.1. The van der Waals surface area contributed by atoms with E-state index in [2.05, 4.69) is 4.98 Å². The normalized spacial score (nSPS) is 12.5. The van der Waals surface area contributed by atoms with Gasteiger partial charge in [-0.1, -0.05) is 37.3 Å². The lowest BCUT2D eigenvalue weighted by Gasteiger charge is -2.16. The zero-order valence-electron chi connectivity index (χ0n) is 12.3. The fraction of sp³-hybridized carbons (Fsp3) is 0.176. The Morgan fingerprint density at radius 1 is 1.22 bits per heavy atom. The van der Waals surface area contributed by atoms with E-state index in [1.807, 2.05) is 6.07 Å². The predicted molar refractivity (Wildman–Crippen MR) is 82.0 cm³/mol. The quantitative estimate of drug-likeness (QED) is 0.791. The van der Waals surface area contributed by atoms with Gasteiger partial charge in [0.25, 0.3) is 0 Å². The van der Waals surface area contributed by atoms with Crippen LogP contribution in [0.5, 0.6) is 0 Å². The fourth-order valence-electron chi connectivity index (χ4n) is 2.66. The number of benzene rings is 2. The molecule has 0 saturated carbocycles. The van der Waals surface area contributed by atoms with Crippen LogP contribution >= 0.6 is 0 Å². The van der Waals surface area contributed by atoms with E-state index in [9.17, 15) is 18.7 Å². The molecular formula is C17H14F2N2O2. The minimum Gasteiger partial charge on any atom is -0.480 e. The molecule has 1 heterocycles. The molecule has 0 aliphatic rings. The molecule has 6 heteroatoms. The Kier molecular flexibility index (Phi) is 3.82. The van der Waals surface area contributed by atoms with Crippen LogP contribution in [0.4, 0.5) is 8.78 Å². The van der Waals surface area contributed by atoms with Gasteiger partial charge in [-0.25, -0.2) is 18.6 Å². The summed E-state index contributed by atoms with van der Waals surface area (Å²) in [4.78, 5) is 15.9. The van der Waals surface area contributed by atoms with Crippen LogP contribution in [-0.2, 0) is 4.79 Å². The molecule has 3 rings (SSSR count). The summed E-state index contributed by atoms with van der Waals surface area (Å²) in [5, 5.41) is 9.48. The van der Waals surface area contributed by atoms with Crippen molar-refractivity contribution < 1.29 is 18.7 Å². The SMILES string of the molecule is CCC(C(=O)O)n1c(-c2ccccc2)nc2cc(F)c(F)cc21. The molecular weight excluding hydrogens is 302 g/mol. The van der Waals surface area contributed by atoms with Gasteiger partial charge < -0.3 is 9.67 Å². The van der Waals surface area contributed by atoms with Crippen molar-refractivity contribution in [3.63, 3.8) is 0 Å². The van der Waals surface area contributed by atoms with Crippen molar-refractivity contribution in [1.82, 2.24) is 9.55 Å². The van der Waals surface area contributed by atoms with E-state index in [0.29, 0.717) is 17.8 Å². The number of halogens is 2. The molecule has 0 amide bonds. The van der Waals surface area contributed by atoms with E-state index in [1.165, 1.54) is 4.57 Å². The molecule has 4 nitrogen and oxygen atoms in total. The molecule has 1 atom stereocenters. The van der Waals surface area contributed by atoms with Crippen LogP contribution in [0.2, 0.25) is 0 Å². The number of carbonyl (C=O) groups is 1. The van der Waals surface area contributed by atoms with E-state index in [1.54, 1.807) is 31.2 Å². The summed E-state index contributed by atoms with van der Waals surface area (Å²) in [5.41, 5.74) is 1.17. The first-order valence-corrected chi connectivity index (χ1v) is 7.18. The molecule has 1 N–H and O–H groups in total. The Balaban J connectivity index is 2.36. The van der Waals surface area contributed by atoms with Gasteiger partial charge in [0.05, 0.1) is 11.0 Å². The number of imidazole rings is 1. The van der Waals surface area contributed by atoms with Gasteiger partial charge in [-0.2, -0.15) is 0 Å². The zero-order chi connectivity index (χ0) is 16.6. The Morgan fingerprint density at radius 3 is 2.48 bits per heavy atom. The van der Waals surface area contributed by atoms with E-state index in [4.69, 9.17) is 0 Å². The number of fused-ring (bicyclic) bond motifs is 1. The number of aliphatic carboxylic acids is 1. The summed E-state index contributed by atoms with van der Waals surface area (Å²) >= 11 is 0. The second kappa shape index (κ2) is 5.79. The van der Waals surface area contributed by atoms with Crippen molar-refractivity contribution in [2.45, 2.75) is 19.4 Å². The molecule has 0 spiro atoms. The molecule has 2 aromatic carbocycles. The number of hydrogen-bond acceptors (Lipinski definition) is 2. The van der Waals surface area contributed by atoms with Crippen molar-refractivity contribution in [2.75, 3.05) is 0 Å². The van der Waals surface area contributed by atoms with E-state index in [-0.39, 0.29) is 11.0 Å². The molecule has 0 bridgehead atoms. The maximum absolute atomic E-state index is 13.6. The highest BCUT2D eigenvalue weighted by molar-refractivity contribution is 5.84. The maximum atomic E-state index is 13.6. The molecule has 0 fully saturated rings. The van der Waals surface area contributed by atoms with Gasteiger partial charge in [-0.05, 0) is 6.42 Å². The Morgan fingerprint density at radius 2 is 1.87 bits per heavy atom. The summed E-state index contributed by atoms with van der Waals surface area (Å²) in [6.07, 6.45) is 0.291. The predicted octanol–water partition coefficient (Wildman–Crippen LogP) is 4.02. The summed E-state index contributed by atoms with van der Waals surface area (Å²) < 4.78 is 28.6. The van der Waals surface area contributed by atoms with Gasteiger partial charge >= 0.3 is 5.97 Å². The van der Waals surface area contributed by atoms with E-state index in [0.717, 1.165) is 12.1 Å². The standard InChI is InChI=1S/C17H14F2N2O2/c1-2-14(17(22)23)21-15-9-12(19)11(18)8-13(15)20-16(21)10-6-4-3-5-7-10/h3-9,14H,2H2,1H3,(H,22,23). The smallest absolute Gasteiger partial charge is 0.326 e. The van der Waals surface area contributed by atoms with Crippen molar-refractivity contribution in [3.05, 3.63) is 54.1 Å². The lowest BCUT2D eigenvalue weighted by molar-refractivity contribution is -0.140. The highest BCUT2D eigenvalue weighted by Gasteiger charge is 2.25. The second-order valence-electron chi connectivity index (χ2n) is 5.19. The van der Waals surface area contributed by atoms with Crippen LogP contribution in [0.3, 0.4) is 0 Å². The van der Waals surface area contributed by atoms with Gasteiger partial charge in [0.2, 0.25) is 0 Å². The minimum atomic E-state index is -1.05. The number of aromatic nitrogens is 2. The van der Waals surface area contributed by atoms with Crippen LogP contribution < -0.4 is 0 Å². The number of nitrogens with zero attached hydrogens (tertiary/aromatic N) is 2. The molecule has 3 aromatic rings. The van der Waals surface area contributed by atoms with Gasteiger partial charge in [-0.3, -0.25) is 0 Å². The third kappa shape index (κ3) is 2.56. The number of hydrogen-bond donors (Lipinski definition) is 1. The lowest BCUT2D eigenvalue weighted by Crippen LogP contribution is -2.19. The van der Waals surface area contributed by atoms with E-state index >= 15 is 0 Å². The van der Waals surface area contributed by atoms with E-state index < -0.39 is 23.6 Å². The van der Waals surface area contributed by atoms with Gasteiger partial charge in [0.15, 0.2) is 11.6 Å². The monoisotopic (exact) mass is 316 g/mol. The molecule has 1 aromatic heterocycles. The van der Waals surface area contributed by atoms with Crippen molar-refractivity contribution in [2.24, 2.45) is 0 Å². The molecule has 0 aliphatic heterocycles. The maximum Gasteiger partial charge on any atom is 0.326 e.